The van der Waals surface area contributed by atoms with Crippen molar-refractivity contribution in [2.75, 3.05) is 52.5 Å². The van der Waals surface area contributed by atoms with Crippen LogP contribution in [0, 0.1) is 11.3 Å². The molecule has 22 heavy (non-hydrogen) atoms. The minimum Gasteiger partial charge on any atom is -0.381 e. The Morgan fingerprint density at radius 1 is 1.14 bits per heavy atom. The van der Waals surface area contributed by atoms with Gasteiger partial charge in [0.05, 0.1) is 5.41 Å². The first-order valence-electron chi connectivity index (χ1n) is 9.03. The minimum atomic E-state index is -0.349. The summed E-state index contributed by atoms with van der Waals surface area (Å²) in [5.41, 5.74) is 5.63. The second-order valence-electron chi connectivity index (χ2n) is 7.36. The number of ether oxygens (including phenoxy) is 1. The van der Waals surface area contributed by atoms with Crippen molar-refractivity contribution in [2.45, 2.75) is 38.5 Å². The van der Waals surface area contributed by atoms with Crippen LogP contribution in [0.25, 0.3) is 0 Å². The van der Waals surface area contributed by atoms with Crippen LogP contribution in [0.15, 0.2) is 0 Å². The highest BCUT2D eigenvalue weighted by molar-refractivity contribution is 5.83. The molecule has 3 saturated heterocycles. The van der Waals surface area contributed by atoms with Gasteiger partial charge in [-0.15, -0.1) is 0 Å². The molecular formula is C17H31N3O2. The molecule has 0 aromatic rings. The van der Waals surface area contributed by atoms with E-state index in [-0.39, 0.29) is 5.41 Å². The molecule has 2 N–H and O–H groups in total. The molecule has 3 fully saturated rings. The Morgan fingerprint density at radius 3 is 2.55 bits per heavy atom. The molecule has 0 aromatic carbocycles. The quantitative estimate of drug-likeness (QED) is 0.844. The Hall–Kier alpha value is -0.650. The highest BCUT2D eigenvalue weighted by atomic mass is 16.5. The van der Waals surface area contributed by atoms with Crippen LogP contribution in [-0.4, -0.2) is 68.2 Å². The van der Waals surface area contributed by atoms with Crippen molar-refractivity contribution in [2.24, 2.45) is 17.1 Å². The normalized spacial score (nSPS) is 29.7. The van der Waals surface area contributed by atoms with Gasteiger partial charge in [-0.05, 0) is 51.1 Å². The highest BCUT2D eigenvalue weighted by Crippen LogP contribution is 2.33. The molecule has 0 radical (unpaired) electrons. The molecule has 3 aliphatic heterocycles. The van der Waals surface area contributed by atoms with Gasteiger partial charge in [-0.3, -0.25) is 4.79 Å². The molecule has 3 aliphatic rings. The standard InChI is InChI=1S/C17H31N3O2/c18-14-17(5-10-22-11-6-17)16(21)20-9-4-15(13-20)12-19-7-2-1-3-8-19/h15H,1-14,18H2. The fraction of sp³-hybridized carbons (Fsp3) is 0.941. The summed E-state index contributed by atoms with van der Waals surface area (Å²) in [6.07, 6.45) is 6.79. The molecule has 0 aliphatic carbocycles. The van der Waals surface area contributed by atoms with E-state index < -0.39 is 0 Å². The van der Waals surface area contributed by atoms with Crippen LogP contribution in [0.4, 0.5) is 0 Å². The molecular weight excluding hydrogens is 278 g/mol. The van der Waals surface area contributed by atoms with Crippen LogP contribution >= 0.6 is 0 Å². The Bertz CT molecular complexity index is 376. The number of piperidine rings is 1. The van der Waals surface area contributed by atoms with Gasteiger partial charge in [-0.25, -0.2) is 0 Å². The van der Waals surface area contributed by atoms with E-state index in [4.69, 9.17) is 10.5 Å². The number of hydrogen-bond donors (Lipinski definition) is 1. The zero-order valence-corrected chi connectivity index (χ0v) is 13.8. The number of rotatable bonds is 4. The van der Waals surface area contributed by atoms with Gasteiger partial charge in [-0.2, -0.15) is 0 Å². The molecule has 126 valence electrons. The van der Waals surface area contributed by atoms with E-state index in [1.54, 1.807) is 0 Å². The summed E-state index contributed by atoms with van der Waals surface area (Å²) in [6, 6.07) is 0. The van der Waals surface area contributed by atoms with Gasteiger partial charge >= 0.3 is 0 Å². The summed E-state index contributed by atoms with van der Waals surface area (Å²) in [5.74, 6) is 0.941. The average molecular weight is 309 g/mol. The topological polar surface area (TPSA) is 58.8 Å². The Balaban J connectivity index is 1.53. The maximum Gasteiger partial charge on any atom is 0.230 e. The molecule has 1 atom stereocenters. The monoisotopic (exact) mass is 309 g/mol. The van der Waals surface area contributed by atoms with Crippen molar-refractivity contribution in [1.82, 2.24) is 9.80 Å². The second kappa shape index (κ2) is 7.28. The molecule has 0 aromatic heterocycles. The van der Waals surface area contributed by atoms with Crippen LogP contribution in [-0.2, 0) is 9.53 Å². The number of carbonyl (C=O) groups excluding carboxylic acids is 1. The average Bonchev–Trinajstić information content (AvgIpc) is 3.04. The SMILES string of the molecule is NCC1(C(=O)N2CCC(CN3CCCCC3)C2)CCOCC1. The van der Waals surface area contributed by atoms with Crippen molar-refractivity contribution >= 4 is 5.91 Å². The van der Waals surface area contributed by atoms with E-state index in [1.165, 1.54) is 38.9 Å². The number of nitrogens with zero attached hydrogens (tertiary/aromatic N) is 2. The van der Waals surface area contributed by atoms with Crippen molar-refractivity contribution in [3.63, 3.8) is 0 Å². The van der Waals surface area contributed by atoms with Crippen LogP contribution < -0.4 is 5.73 Å². The molecule has 1 amide bonds. The molecule has 0 spiro atoms. The number of likely N-dealkylation sites (tertiary alicyclic amines) is 2. The molecule has 0 bridgehead atoms. The predicted octanol–water partition coefficient (Wildman–Crippen LogP) is 1.08. The van der Waals surface area contributed by atoms with Gasteiger partial charge in [0.1, 0.15) is 0 Å². The lowest BCUT2D eigenvalue weighted by Crippen LogP contribution is -2.50. The van der Waals surface area contributed by atoms with Crippen molar-refractivity contribution in [3.8, 4) is 0 Å². The van der Waals surface area contributed by atoms with Crippen molar-refractivity contribution in [3.05, 3.63) is 0 Å². The van der Waals surface area contributed by atoms with Gasteiger partial charge in [0.2, 0.25) is 5.91 Å². The maximum atomic E-state index is 13.0. The number of hydrogen-bond acceptors (Lipinski definition) is 4. The fourth-order valence-corrected chi connectivity index (χ4v) is 4.28. The highest BCUT2D eigenvalue weighted by Gasteiger charge is 2.43. The smallest absolute Gasteiger partial charge is 0.230 e. The van der Waals surface area contributed by atoms with E-state index in [1.807, 2.05) is 0 Å². The predicted molar refractivity (Wildman–Crippen MR) is 86.5 cm³/mol. The molecule has 3 heterocycles. The van der Waals surface area contributed by atoms with Crippen molar-refractivity contribution in [1.29, 1.82) is 0 Å². The van der Waals surface area contributed by atoms with Gasteiger partial charge < -0.3 is 20.3 Å². The molecule has 3 rings (SSSR count). The first-order chi connectivity index (χ1) is 10.7. The van der Waals surface area contributed by atoms with Gasteiger partial charge in [0.25, 0.3) is 0 Å². The van der Waals surface area contributed by atoms with E-state index in [9.17, 15) is 4.79 Å². The molecule has 5 nitrogen and oxygen atoms in total. The molecule has 0 saturated carbocycles. The summed E-state index contributed by atoms with van der Waals surface area (Å²) >= 11 is 0. The summed E-state index contributed by atoms with van der Waals surface area (Å²) in [7, 11) is 0. The third-order valence-electron chi connectivity index (χ3n) is 5.83. The summed E-state index contributed by atoms with van der Waals surface area (Å²) in [6.45, 7) is 7.31. The number of carbonyl (C=O) groups is 1. The van der Waals surface area contributed by atoms with Crippen molar-refractivity contribution < 1.29 is 9.53 Å². The zero-order chi connectivity index (χ0) is 15.4. The van der Waals surface area contributed by atoms with Crippen LogP contribution in [0.2, 0.25) is 0 Å². The van der Waals surface area contributed by atoms with E-state index >= 15 is 0 Å². The fourth-order valence-electron chi connectivity index (χ4n) is 4.28. The van der Waals surface area contributed by atoms with Gasteiger partial charge in [0.15, 0.2) is 0 Å². The van der Waals surface area contributed by atoms with E-state index in [0.717, 1.165) is 32.4 Å². The van der Waals surface area contributed by atoms with Gasteiger partial charge in [-0.1, -0.05) is 6.42 Å². The van der Waals surface area contributed by atoms with Crippen LogP contribution in [0.5, 0.6) is 0 Å². The first kappa shape index (κ1) is 16.2. The third-order valence-corrected chi connectivity index (χ3v) is 5.83. The van der Waals surface area contributed by atoms with Crippen LogP contribution in [0.1, 0.15) is 38.5 Å². The van der Waals surface area contributed by atoms with E-state index in [0.29, 0.717) is 31.6 Å². The lowest BCUT2D eigenvalue weighted by molar-refractivity contribution is -0.146. The number of amides is 1. The summed E-state index contributed by atoms with van der Waals surface area (Å²) < 4.78 is 5.43. The zero-order valence-electron chi connectivity index (χ0n) is 13.8. The lowest BCUT2D eigenvalue weighted by Gasteiger charge is -2.37. The maximum absolute atomic E-state index is 13.0. The van der Waals surface area contributed by atoms with E-state index in [2.05, 4.69) is 9.80 Å². The first-order valence-corrected chi connectivity index (χ1v) is 9.03. The largest absolute Gasteiger partial charge is 0.381 e. The lowest BCUT2D eigenvalue weighted by atomic mass is 9.79. The Kier molecular flexibility index (Phi) is 5.37. The molecule has 1 unspecified atom stereocenters. The summed E-state index contributed by atoms with van der Waals surface area (Å²) in [4.78, 5) is 17.7. The number of nitrogens with two attached hydrogens (primary N) is 1. The summed E-state index contributed by atoms with van der Waals surface area (Å²) in [5, 5.41) is 0. The molecule has 5 heteroatoms. The van der Waals surface area contributed by atoms with Crippen LogP contribution in [0.3, 0.4) is 0 Å². The Labute approximate surface area is 134 Å². The second-order valence-corrected chi connectivity index (χ2v) is 7.36. The third kappa shape index (κ3) is 3.47. The van der Waals surface area contributed by atoms with Gasteiger partial charge in [0, 0.05) is 39.4 Å². The minimum absolute atomic E-state index is 0.291. The Morgan fingerprint density at radius 2 is 1.86 bits per heavy atom.